The van der Waals surface area contributed by atoms with E-state index in [0.717, 1.165) is 0 Å². The molecule has 0 bridgehead atoms. The van der Waals surface area contributed by atoms with E-state index >= 15 is 0 Å². The first-order valence-electron chi connectivity index (χ1n) is 7.86. The zero-order valence-corrected chi connectivity index (χ0v) is 14.8. The second-order valence-corrected chi connectivity index (χ2v) is 6.36. The van der Waals surface area contributed by atoms with Gasteiger partial charge in [-0.15, -0.1) is 0 Å². The molecule has 2 aromatic rings. The molecule has 1 atom stereocenters. The summed E-state index contributed by atoms with van der Waals surface area (Å²) in [6, 6.07) is 5.16. The predicted molar refractivity (Wildman–Crippen MR) is 93.5 cm³/mol. The Morgan fingerprint density at radius 1 is 1.52 bits per heavy atom. The molecule has 7 nitrogen and oxygen atoms in total. The normalized spacial score (nSPS) is 17.0. The van der Waals surface area contributed by atoms with Gasteiger partial charge >= 0.3 is 0 Å². The van der Waals surface area contributed by atoms with Crippen LogP contribution in [0, 0.1) is 5.92 Å². The number of aromatic amines is 1. The Labute approximate surface area is 150 Å². The highest BCUT2D eigenvalue weighted by Crippen LogP contribution is 2.32. The molecule has 1 fully saturated rings. The Morgan fingerprint density at radius 3 is 2.96 bits per heavy atom. The molecule has 3 rings (SSSR count). The first-order chi connectivity index (χ1) is 12.0. The number of anilines is 1. The molecule has 1 unspecified atom stereocenters. The summed E-state index contributed by atoms with van der Waals surface area (Å²) in [6.07, 6.45) is 3.54. The number of hydrogen-bond acceptors (Lipinski definition) is 4. The summed E-state index contributed by atoms with van der Waals surface area (Å²) in [5.41, 5.74) is 0.666. The lowest BCUT2D eigenvalue weighted by molar-refractivity contribution is -0.135. The van der Waals surface area contributed by atoms with Crippen LogP contribution in [0.5, 0.6) is 5.75 Å². The summed E-state index contributed by atoms with van der Waals surface area (Å²) in [6.45, 7) is 0.716. The molecule has 1 aromatic heterocycles. The molecule has 0 aliphatic carbocycles. The van der Waals surface area contributed by atoms with E-state index in [0.29, 0.717) is 35.4 Å². The van der Waals surface area contributed by atoms with Crippen LogP contribution >= 0.6 is 11.6 Å². The first kappa shape index (κ1) is 17.3. The molecule has 1 aliphatic heterocycles. The number of carbonyl (C=O) groups is 2. The molecule has 2 heterocycles. The molecule has 0 saturated carbocycles. The van der Waals surface area contributed by atoms with Crippen molar-refractivity contribution in [3.63, 3.8) is 0 Å². The maximum absolute atomic E-state index is 12.6. The average molecular weight is 363 g/mol. The van der Waals surface area contributed by atoms with Crippen molar-refractivity contribution in [1.29, 1.82) is 0 Å². The molecule has 0 radical (unpaired) electrons. The molecule has 1 aliphatic rings. The van der Waals surface area contributed by atoms with Crippen LogP contribution in [-0.4, -0.2) is 47.4 Å². The zero-order valence-electron chi connectivity index (χ0n) is 14.0. The second-order valence-electron chi connectivity index (χ2n) is 5.95. The number of carbonyl (C=O) groups excluding carboxylic acids is 2. The van der Waals surface area contributed by atoms with E-state index in [1.807, 2.05) is 0 Å². The topological polar surface area (TPSA) is 78.5 Å². The monoisotopic (exact) mass is 362 g/mol. The standard InChI is InChI=1S/C17H19ClN4O3/c1-21(10-15-19-5-6-20-15)17(24)11-7-16(23)22(9-11)12-3-4-14(25-2)13(18)8-12/h3-6,8,11H,7,9-10H2,1-2H3,(H,19,20). The molecular formula is C17H19ClN4O3. The van der Waals surface area contributed by atoms with Crippen molar-refractivity contribution in [2.24, 2.45) is 5.92 Å². The first-order valence-corrected chi connectivity index (χ1v) is 8.24. The van der Waals surface area contributed by atoms with Gasteiger partial charge in [0, 0.05) is 38.1 Å². The number of benzene rings is 1. The molecule has 1 aromatic carbocycles. The summed E-state index contributed by atoms with van der Waals surface area (Å²) in [5, 5.41) is 0.428. The number of ether oxygens (including phenoxy) is 1. The Bertz CT molecular complexity index is 778. The Morgan fingerprint density at radius 2 is 2.32 bits per heavy atom. The maximum Gasteiger partial charge on any atom is 0.228 e. The number of hydrogen-bond donors (Lipinski definition) is 1. The van der Waals surface area contributed by atoms with Crippen molar-refractivity contribution < 1.29 is 14.3 Å². The average Bonchev–Trinajstić information content (AvgIpc) is 3.23. The molecule has 2 amide bonds. The van der Waals surface area contributed by atoms with Crippen LogP contribution in [-0.2, 0) is 16.1 Å². The fourth-order valence-electron chi connectivity index (χ4n) is 2.94. The third-order valence-electron chi connectivity index (χ3n) is 4.24. The van der Waals surface area contributed by atoms with Gasteiger partial charge in [0.05, 0.1) is 24.6 Å². The van der Waals surface area contributed by atoms with Crippen LogP contribution in [0.15, 0.2) is 30.6 Å². The highest BCUT2D eigenvalue weighted by atomic mass is 35.5. The fourth-order valence-corrected chi connectivity index (χ4v) is 3.20. The number of imidazole rings is 1. The SMILES string of the molecule is COc1ccc(N2CC(C(=O)N(C)Cc3ncc[nH]3)CC2=O)cc1Cl. The Kier molecular flexibility index (Phi) is 4.94. The lowest BCUT2D eigenvalue weighted by atomic mass is 10.1. The van der Waals surface area contributed by atoms with Crippen LogP contribution in [0.3, 0.4) is 0 Å². The molecule has 25 heavy (non-hydrogen) atoms. The molecular weight excluding hydrogens is 344 g/mol. The van der Waals surface area contributed by atoms with E-state index in [-0.39, 0.29) is 24.2 Å². The van der Waals surface area contributed by atoms with E-state index in [4.69, 9.17) is 16.3 Å². The largest absolute Gasteiger partial charge is 0.495 e. The van der Waals surface area contributed by atoms with Gasteiger partial charge in [0.15, 0.2) is 0 Å². The van der Waals surface area contributed by atoms with Gasteiger partial charge in [-0.25, -0.2) is 4.98 Å². The lowest BCUT2D eigenvalue weighted by Crippen LogP contribution is -2.34. The van der Waals surface area contributed by atoms with E-state index in [9.17, 15) is 9.59 Å². The van der Waals surface area contributed by atoms with Gasteiger partial charge in [0.1, 0.15) is 11.6 Å². The maximum atomic E-state index is 12.6. The summed E-state index contributed by atoms with van der Waals surface area (Å²) >= 11 is 6.14. The van der Waals surface area contributed by atoms with Gasteiger partial charge in [0.2, 0.25) is 11.8 Å². The summed E-state index contributed by atoms with van der Waals surface area (Å²) in [5.74, 6) is 0.702. The van der Waals surface area contributed by atoms with E-state index in [2.05, 4.69) is 9.97 Å². The van der Waals surface area contributed by atoms with Crippen molar-refractivity contribution in [3.05, 3.63) is 41.4 Å². The number of H-pyrrole nitrogens is 1. The minimum atomic E-state index is -0.381. The lowest BCUT2D eigenvalue weighted by Gasteiger charge is -2.21. The number of aromatic nitrogens is 2. The third kappa shape index (κ3) is 3.61. The van der Waals surface area contributed by atoms with E-state index in [1.54, 1.807) is 47.4 Å². The molecule has 1 saturated heterocycles. The van der Waals surface area contributed by atoms with Crippen LogP contribution in [0.25, 0.3) is 0 Å². The van der Waals surface area contributed by atoms with Crippen molar-refractivity contribution in [2.75, 3.05) is 25.6 Å². The van der Waals surface area contributed by atoms with Gasteiger partial charge in [-0.05, 0) is 18.2 Å². The van der Waals surface area contributed by atoms with Crippen LogP contribution < -0.4 is 9.64 Å². The van der Waals surface area contributed by atoms with Crippen molar-refractivity contribution in [1.82, 2.24) is 14.9 Å². The summed E-state index contributed by atoms with van der Waals surface area (Å²) in [4.78, 5) is 35.2. The quantitative estimate of drug-likeness (QED) is 0.883. The number of methoxy groups -OCH3 is 1. The zero-order chi connectivity index (χ0) is 18.0. The smallest absolute Gasteiger partial charge is 0.228 e. The number of halogens is 1. The Hall–Kier alpha value is -2.54. The van der Waals surface area contributed by atoms with Gasteiger partial charge in [0.25, 0.3) is 0 Å². The fraction of sp³-hybridized carbons (Fsp3) is 0.353. The minimum Gasteiger partial charge on any atom is -0.495 e. The molecule has 0 spiro atoms. The summed E-state index contributed by atoms with van der Waals surface area (Å²) < 4.78 is 5.13. The van der Waals surface area contributed by atoms with Gasteiger partial charge in [-0.2, -0.15) is 0 Å². The number of rotatable bonds is 5. The highest BCUT2D eigenvalue weighted by Gasteiger charge is 2.36. The Balaban J connectivity index is 1.69. The summed E-state index contributed by atoms with van der Waals surface area (Å²) in [7, 11) is 3.24. The minimum absolute atomic E-state index is 0.0770. The van der Waals surface area contributed by atoms with Gasteiger partial charge in [-0.1, -0.05) is 11.6 Å². The number of nitrogens with zero attached hydrogens (tertiary/aromatic N) is 3. The van der Waals surface area contributed by atoms with Crippen LogP contribution in [0.1, 0.15) is 12.2 Å². The highest BCUT2D eigenvalue weighted by molar-refractivity contribution is 6.32. The molecule has 1 N–H and O–H groups in total. The van der Waals surface area contributed by atoms with Crippen molar-refractivity contribution in [2.45, 2.75) is 13.0 Å². The second kappa shape index (κ2) is 7.14. The van der Waals surface area contributed by atoms with Crippen LogP contribution in [0.2, 0.25) is 5.02 Å². The number of nitrogens with one attached hydrogen (secondary N) is 1. The predicted octanol–water partition coefficient (Wildman–Crippen LogP) is 2.08. The molecule has 8 heteroatoms. The number of amides is 2. The third-order valence-corrected chi connectivity index (χ3v) is 4.53. The van der Waals surface area contributed by atoms with E-state index in [1.165, 1.54) is 7.11 Å². The van der Waals surface area contributed by atoms with Gasteiger partial charge < -0.3 is 19.5 Å². The molecule has 132 valence electrons. The van der Waals surface area contributed by atoms with Crippen molar-refractivity contribution in [3.8, 4) is 5.75 Å². The van der Waals surface area contributed by atoms with Crippen LogP contribution in [0.4, 0.5) is 5.69 Å². The van der Waals surface area contributed by atoms with Gasteiger partial charge in [-0.3, -0.25) is 9.59 Å². The van der Waals surface area contributed by atoms with Crippen molar-refractivity contribution >= 4 is 29.1 Å². The van der Waals surface area contributed by atoms with E-state index < -0.39 is 0 Å².